The van der Waals surface area contributed by atoms with Crippen LogP contribution in [0.25, 0.3) is 0 Å². The molecule has 28 heavy (non-hydrogen) atoms. The van der Waals surface area contributed by atoms with Gasteiger partial charge in [0.2, 0.25) is 5.91 Å². The number of urea groups is 1. The topological polar surface area (TPSA) is 55.9 Å². The zero-order chi connectivity index (χ0) is 19.5. The number of amides is 3. The Balaban J connectivity index is 1.30. The summed E-state index contributed by atoms with van der Waals surface area (Å²) < 4.78 is 13.4. The molecule has 2 aliphatic heterocycles. The van der Waals surface area contributed by atoms with Gasteiger partial charge in [0.15, 0.2) is 0 Å². The van der Waals surface area contributed by atoms with E-state index in [4.69, 9.17) is 0 Å². The number of para-hydroxylation sites is 1. The van der Waals surface area contributed by atoms with Gasteiger partial charge in [-0.1, -0.05) is 24.3 Å². The average Bonchev–Trinajstić information content (AvgIpc) is 3.09. The SMILES string of the molecule is O=C(N[C@@H]1CC(=O)N(c2cccc(F)c2)C1)N1CCN(c2ccccc2)CC1. The predicted molar refractivity (Wildman–Crippen MR) is 106 cm³/mol. The molecule has 2 saturated heterocycles. The molecule has 0 radical (unpaired) electrons. The molecular weight excluding hydrogens is 359 g/mol. The second-order valence-electron chi connectivity index (χ2n) is 7.14. The van der Waals surface area contributed by atoms with Gasteiger partial charge in [0.1, 0.15) is 5.82 Å². The molecule has 1 N–H and O–H groups in total. The van der Waals surface area contributed by atoms with Gasteiger partial charge in [-0.3, -0.25) is 4.79 Å². The molecule has 2 aliphatic rings. The summed E-state index contributed by atoms with van der Waals surface area (Å²) in [5.41, 5.74) is 1.69. The first kappa shape index (κ1) is 18.3. The van der Waals surface area contributed by atoms with Crippen molar-refractivity contribution in [2.45, 2.75) is 12.5 Å². The first-order chi connectivity index (χ1) is 13.6. The molecule has 0 spiro atoms. The molecule has 3 amide bonds. The highest BCUT2D eigenvalue weighted by molar-refractivity contribution is 5.96. The van der Waals surface area contributed by atoms with Gasteiger partial charge in [0.05, 0.1) is 6.04 Å². The van der Waals surface area contributed by atoms with Crippen molar-refractivity contribution in [1.29, 1.82) is 0 Å². The van der Waals surface area contributed by atoms with Crippen LogP contribution in [0.1, 0.15) is 6.42 Å². The van der Waals surface area contributed by atoms with Crippen LogP contribution in [0, 0.1) is 5.82 Å². The van der Waals surface area contributed by atoms with Crippen LogP contribution < -0.4 is 15.1 Å². The van der Waals surface area contributed by atoms with E-state index >= 15 is 0 Å². The van der Waals surface area contributed by atoms with Crippen LogP contribution in [0.4, 0.5) is 20.6 Å². The van der Waals surface area contributed by atoms with Gasteiger partial charge in [-0.2, -0.15) is 0 Å². The Hall–Kier alpha value is -3.09. The summed E-state index contributed by atoms with van der Waals surface area (Å²) in [6, 6.07) is 15.7. The van der Waals surface area contributed by atoms with Crippen LogP contribution in [0.3, 0.4) is 0 Å². The van der Waals surface area contributed by atoms with Crippen molar-refractivity contribution in [3.63, 3.8) is 0 Å². The minimum absolute atomic E-state index is 0.107. The van der Waals surface area contributed by atoms with Crippen LogP contribution >= 0.6 is 0 Å². The lowest BCUT2D eigenvalue weighted by atomic mass is 10.2. The van der Waals surface area contributed by atoms with Gasteiger partial charge in [-0.25, -0.2) is 9.18 Å². The highest BCUT2D eigenvalue weighted by atomic mass is 19.1. The third-order valence-corrected chi connectivity index (χ3v) is 5.26. The van der Waals surface area contributed by atoms with E-state index < -0.39 is 0 Å². The molecule has 0 saturated carbocycles. The Kier molecular flexibility index (Phi) is 5.14. The second-order valence-corrected chi connectivity index (χ2v) is 7.14. The molecule has 2 aromatic carbocycles. The summed E-state index contributed by atoms with van der Waals surface area (Å²) in [6.07, 6.45) is 0.228. The minimum Gasteiger partial charge on any atom is -0.368 e. The molecule has 4 rings (SSSR count). The first-order valence-electron chi connectivity index (χ1n) is 9.51. The van der Waals surface area contributed by atoms with Gasteiger partial charge >= 0.3 is 6.03 Å². The number of hydrogen-bond donors (Lipinski definition) is 1. The van der Waals surface area contributed by atoms with E-state index in [1.807, 2.05) is 18.2 Å². The van der Waals surface area contributed by atoms with Gasteiger partial charge in [-0.15, -0.1) is 0 Å². The maximum absolute atomic E-state index is 13.4. The van der Waals surface area contributed by atoms with E-state index in [0.29, 0.717) is 25.3 Å². The fraction of sp³-hybridized carbons (Fsp3) is 0.333. The van der Waals surface area contributed by atoms with Crippen molar-refractivity contribution in [2.75, 3.05) is 42.5 Å². The highest BCUT2D eigenvalue weighted by Gasteiger charge is 2.33. The van der Waals surface area contributed by atoms with Crippen LogP contribution in [-0.4, -0.2) is 55.6 Å². The van der Waals surface area contributed by atoms with E-state index in [0.717, 1.165) is 18.8 Å². The highest BCUT2D eigenvalue weighted by Crippen LogP contribution is 2.22. The first-order valence-corrected chi connectivity index (χ1v) is 9.51. The normalized spacial score (nSPS) is 19.8. The number of anilines is 2. The minimum atomic E-state index is -0.380. The van der Waals surface area contributed by atoms with E-state index in [-0.39, 0.29) is 30.2 Å². The third kappa shape index (κ3) is 3.93. The Bertz CT molecular complexity index is 852. The van der Waals surface area contributed by atoms with E-state index in [1.165, 1.54) is 17.0 Å². The predicted octanol–water partition coefficient (Wildman–Crippen LogP) is 2.46. The third-order valence-electron chi connectivity index (χ3n) is 5.26. The van der Waals surface area contributed by atoms with Crippen LogP contribution in [0.2, 0.25) is 0 Å². The van der Waals surface area contributed by atoms with Crippen molar-refractivity contribution >= 4 is 23.3 Å². The van der Waals surface area contributed by atoms with Crippen LogP contribution in [0.15, 0.2) is 54.6 Å². The quantitative estimate of drug-likeness (QED) is 0.887. The largest absolute Gasteiger partial charge is 0.368 e. The molecule has 6 nitrogen and oxygen atoms in total. The van der Waals surface area contributed by atoms with E-state index in [9.17, 15) is 14.0 Å². The average molecular weight is 382 g/mol. The molecule has 2 fully saturated rings. The molecule has 146 valence electrons. The number of rotatable bonds is 3. The summed E-state index contributed by atoms with van der Waals surface area (Å²) in [5.74, 6) is -0.487. The number of benzene rings is 2. The Morgan fingerprint density at radius 2 is 1.68 bits per heavy atom. The maximum Gasteiger partial charge on any atom is 0.317 e. The summed E-state index contributed by atoms with van der Waals surface area (Å²) in [6.45, 7) is 3.18. The number of piperazine rings is 1. The van der Waals surface area contributed by atoms with E-state index in [1.54, 1.807) is 17.0 Å². The number of carbonyl (C=O) groups is 2. The molecule has 1 atom stereocenters. The Morgan fingerprint density at radius 3 is 2.39 bits per heavy atom. The molecule has 0 aromatic heterocycles. The molecular formula is C21H23FN4O2. The number of halogens is 1. The standard InChI is InChI=1S/C21H23FN4O2/c22-16-5-4-8-19(13-16)26-15-17(14-20(26)27)23-21(28)25-11-9-24(10-12-25)18-6-2-1-3-7-18/h1-8,13,17H,9-12,14-15H2,(H,23,28)/t17-/m1/s1. The summed E-state index contributed by atoms with van der Waals surface area (Å²) >= 11 is 0. The molecule has 0 aliphatic carbocycles. The van der Waals surface area contributed by atoms with Crippen molar-refractivity contribution in [3.8, 4) is 0 Å². The summed E-state index contributed by atoms with van der Waals surface area (Å²) in [5, 5.41) is 2.96. The molecule has 2 aromatic rings. The number of carbonyl (C=O) groups excluding carboxylic acids is 2. The summed E-state index contributed by atoms with van der Waals surface area (Å²) in [7, 11) is 0. The van der Waals surface area contributed by atoms with Crippen molar-refractivity contribution < 1.29 is 14.0 Å². The number of nitrogens with one attached hydrogen (secondary N) is 1. The van der Waals surface area contributed by atoms with E-state index in [2.05, 4.69) is 22.3 Å². The van der Waals surface area contributed by atoms with Crippen molar-refractivity contribution in [3.05, 3.63) is 60.4 Å². The second kappa shape index (κ2) is 7.88. The zero-order valence-corrected chi connectivity index (χ0v) is 15.6. The zero-order valence-electron chi connectivity index (χ0n) is 15.6. The maximum atomic E-state index is 13.4. The number of hydrogen-bond acceptors (Lipinski definition) is 3. The molecule has 7 heteroatoms. The number of nitrogens with zero attached hydrogens (tertiary/aromatic N) is 3. The summed E-state index contributed by atoms with van der Waals surface area (Å²) in [4.78, 5) is 30.5. The Morgan fingerprint density at radius 1 is 0.964 bits per heavy atom. The lowest BCUT2D eigenvalue weighted by Gasteiger charge is -2.36. The molecule has 0 unspecified atom stereocenters. The molecule has 2 heterocycles. The van der Waals surface area contributed by atoms with Gasteiger partial charge < -0.3 is 20.0 Å². The Labute approximate surface area is 163 Å². The van der Waals surface area contributed by atoms with Crippen LogP contribution in [-0.2, 0) is 4.79 Å². The fourth-order valence-corrected chi connectivity index (χ4v) is 3.77. The smallest absolute Gasteiger partial charge is 0.317 e. The molecule has 0 bridgehead atoms. The van der Waals surface area contributed by atoms with Gasteiger partial charge in [0, 0.05) is 50.5 Å². The lowest BCUT2D eigenvalue weighted by Crippen LogP contribution is -2.53. The lowest BCUT2D eigenvalue weighted by molar-refractivity contribution is -0.117. The van der Waals surface area contributed by atoms with Gasteiger partial charge in [0.25, 0.3) is 0 Å². The van der Waals surface area contributed by atoms with Gasteiger partial charge in [-0.05, 0) is 30.3 Å². The monoisotopic (exact) mass is 382 g/mol. The van der Waals surface area contributed by atoms with Crippen molar-refractivity contribution in [1.82, 2.24) is 10.2 Å². The van der Waals surface area contributed by atoms with Crippen LogP contribution in [0.5, 0.6) is 0 Å². The van der Waals surface area contributed by atoms with Crippen molar-refractivity contribution in [2.24, 2.45) is 0 Å². The fourth-order valence-electron chi connectivity index (χ4n) is 3.77.